The van der Waals surface area contributed by atoms with Gasteiger partial charge >= 0.3 is 0 Å². The largest absolute Gasteiger partial charge is 0.393 e. The highest BCUT2D eigenvalue weighted by Gasteiger charge is 2.08. The topological polar surface area (TPSA) is 38.7 Å². The lowest BCUT2D eigenvalue weighted by atomic mass is 10.0. The Morgan fingerprint density at radius 3 is 2.72 bits per heavy atom. The molecule has 4 heteroatoms. The second-order valence-electron chi connectivity index (χ2n) is 4.35. The van der Waals surface area contributed by atoms with E-state index >= 15 is 0 Å². The van der Waals surface area contributed by atoms with E-state index in [9.17, 15) is 5.11 Å². The summed E-state index contributed by atoms with van der Waals surface area (Å²) >= 11 is 6.12. The van der Waals surface area contributed by atoms with Gasteiger partial charge in [-0.3, -0.25) is 0 Å². The van der Waals surface area contributed by atoms with Gasteiger partial charge in [0, 0.05) is 18.7 Å². The van der Waals surface area contributed by atoms with Gasteiger partial charge in [-0.25, -0.2) is 0 Å². The molecule has 0 aliphatic rings. The third-order valence-corrected chi connectivity index (χ3v) is 3.04. The summed E-state index contributed by atoms with van der Waals surface area (Å²) in [4.78, 5) is 0. The maximum atomic E-state index is 9.88. The average Bonchev–Trinajstić information content (AvgIpc) is 2.32. The van der Waals surface area contributed by atoms with Crippen LogP contribution < -0.4 is 0 Å². The number of aryl methyl sites for hydroxylation is 1. The lowest BCUT2D eigenvalue weighted by molar-refractivity contribution is 0.0479. The summed E-state index contributed by atoms with van der Waals surface area (Å²) in [5.74, 6) is 0. The van der Waals surface area contributed by atoms with Crippen LogP contribution in [0.5, 0.6) is 0 Å². The minimum atomic E-state index is -0.423. The lowest BCUT2D eigenvalue weighted by Crippen LogP contribution is -2.15. The highest BCUT2D eigenvalue weighted by Crippen LogP contribution is 2.19. The van der Waals surface area contributed by atoms with E-state index in [2.05, 4.69) is 0 Å². The van der Waals surface area contributed by atoms with Crippen LogP contribution in [-0.2, 0) is 15.9 Å². The highest BCUT2D eigenvalue weighted by molar-refractivity contribution is 6.31. The van der Waals surface area contributed by atoms with Crippen molar-refractivity contribution in [3.63, 3.8) is 0 Å². The van der Waals surface area contributed by atoms with Gasteiger partial charge in [-0.05, 0) is 37.0 Å². The first-order valence-corrected chi connectivity index (χ1v) is 6.51. The minimum Gasteiger partial charge on any atom is -0.393 e. The summed E-state index contributed by atoms with van der Waals surface area (Å²) in [6, 6.07) is 5.88. The zero-order valence-corrected chi connectivity index (χ0v) is 11.7. The van der Waals surface area contributed by atoms with Crippen molar-refractivity contribution in [3.8, 4) is 0 Å². The Morgan fingerprint density at radius 1 is 1.28 bits per heavy atom. The zero-order chi connectivity index (χ0) is 13.4. The number of halogens is 1. The third kappa shape index (κ3) is 5.83. The van der Waals surface area contributed by atoms with Crippen LogP contribution in [-0.4, -0.2) is 38.1 Å². The molecular weight excluding hydrogens is 252 g/mol. The van der Waals surface area contributed by atoms with Gasteiger partial charge in [-0.15, -0.1) is 0 Å². The Balaban J connectivity index is 2.28. The maximum Gasteiger partial charge on any atom is 0.0700 e. The fraction of sp³-hybridized carbons (Fsp3) is 0.571. The molecule has 0 heterocycles. The first-order chi connectivity index (χ1) is 8.63. The Bertz CT molecular complexity index is 355. The SMILES string of the molecule is COCCOCCC(O)Cc1ccc(C)cc1Cl. The smallest absolute Gasteiger partial charge is 0.0700 e. The van der Waals surface area contributed by atoms with E-state index < -0.39 is 6.10 Å². The van der Waals surface area contributed by atoms with Crippen LogP contribution in [0.1, 0.15) is 17.5 Å². The molecule has 1 aromatic carbocycles. The van der Waals surface area contributed by atoms with Crippen molar-refractivity contribution in [2.24, 2.45) is 0 Å². The van der Waals surface area contributed by atoms with Crippen molar-refractivity contribution in [2.75, 3.05) is 26.9 Å². The number of rotatable bonds is 8. The van der Waals surface area contributed by atoms with Gasteiger partial charge in [0.1, 0.15) is 0 Å². The van der Waals surface area contributed by atoms with Gasteiger partial charge in [0.15, 0.2) is 0 Å². The summed E-state index contributed by atoms with van der Waals surface area (Å²) < 4.78 is 10.2. The lowest BCUT2D eigenvalue weighted by Gasteiger charge is -2.12. The number of benzene rings is 1. The van der Waals surface area contributed by atoms with Crippen LogP contribution >= 0.6 is 11.6 Å². The van der Waals surface area contributed by atoms with Crippen LogP contribution in [0.25, 0.3) is 0 Å². The van der Waals surface area contributed by atoms with Crippen LogP contribution in [0.15, 0.2) is 18.2 Å². The Hall–Kier alpha value is -0.610. The maximum absolute atomic E-state index is 9.88. The summed E-state index contributed by atoms with van der Waals surface area (Å²) in [6.07, 6.45) is 0.744. The van der Waals surface area contributed by atoms with Crippen molar-refractivity contribution in [1.29, 1.82) is 0 Å². The minimum absolute atomic E-state index is 0.423. The van der Waals surface area contributed by atoms with E-state index in [0.717, 1.165) is 11.1 Å². The van der Waals surface area contributed by atoms with E-state index in [1.165, 1.54) is 0 Å². The second-order valence-corrected chi connectivity index (χ2v) is 4.75. The molecule has 1 atom stereocenters. The van der Waals surface area contributed by atoms with Crippen LogP contribution in [0.2, 0.25) is 5.02 Å². The number of hydrogen-bond donors (Lipinski definition) is 1. The molecular formula is C14H21ClO3. The van der Waals surface area contributed by atoms with E-state index in [1.54, 1.807) is 7.11 Å². The molecule has 0 spiro atoms. The molecule has 1 rings (SSSR count). The predicted molar refractivity (Wildman–Crippen MR) is 73.2 cm³/mol. The summed E-state index contributed by atoms with van der Waals surface area (Å²) in [6.45, 7) is 3.68. The molecule has 0 fully saturated rings. The first-order valence-electron chi connectivity index (χ1n) is 6.13. The number of methoxy groups -OCH3 is 1. The molecule has 0 aliphatic heterocycles. The van der Waals surface area contributed by atoms with Gasteiger partial charge < -0.3 is 14.6 Å². The predicted octanol–water partition coefficient (Wildman–Crippen LogP) is 2.60. The van der Waals surface area contributed by atoms with Crippen molar-refractivity contribution >= 4 is 11.6 Å². The van der Waals surface area contributed by atoms with Crippen molar-refractivity contribution in [1.82, 2.24) is 0 Å². The molecule has 0 saturated heterocycles. The second kappa shape index (κ2) is 8.48. The fourth-order valence-electron chi connectivity index (χ4n) is 1.64. The van der Waals surface area contributed by atoms with Crippen molar-refractivity contribution < 1.29 is 14.6 Å². The van der Waals surface area contributed by atoms with Crippen LogP contribution in [0, 0.1) is 6.92 Å². The molecule has 1 unspecified atom stereocenters. The van der Waals surface area contributed by atoms with Gasteiger partial charge in [0.05, 0.1) is 19.3 Å². The molecule has 1 aromatic rings. The average molecular weight is 273 g/mol. The van der Waals surface area contributed by atoms with Gasteiger partial charge in [0.25, 0.3) is 0 Å². The van der Waals surface area contributed by atoms with E-state index in [-0.39, 0.29) is 0 Å². The van der Waals surface area contributed by atoms with Gasteiger partial charge in [-0.1, -0.05) is 23.7 Å². The molecule has 0 amide bonds. The van der Waals surface area contributed by atoms with Crippen LogP contribution in [0.4, 0.5) is 0 Å². The van der Waals surface area contributed by atoms with E-state index in [0.29, 0.717) is 37.7 Å². The highest BCUT2D eigenvalue weighted by atomic mass is 35.5. The Kier molecular flexibility index (Phi) is 7.28. The van der Waals surface area contributed by atoms with E-state index in [4.69, 9.17) is 21.1 Å². The van der Waals surface area contributed by atoms with Gasteiger partial charge in [-0.2, -0.15) is 0 Å². The Labute approximate surface area is 114 Å². The van der Waals surface area contributed by atoms with Crippen molar-refractivity contribution in [2.45, 2.75) is 25.9 Å². The molecule has 0 aliphatic carbocycles. The van der Waals surface area contributed by atoms with E-state index in [1.807, 2.05) is 25.1 Å². The Morgan fingerprint density at radius 2 is 2.06 bits per heavy atom. The van der Waals surface area contributed by atoms with Gasteiger partial charge in [0.2, 0.25) is 0 Å². The summed E-state index contributed by atoms with van der Waals surface area (Å²) in [5.41, 5.74) is 2.10. The molecule has 0 saturated carbocycles. The fourth-order valence-corrected chi connectivity index (χ4v) is 1.95. The number of aliphatic hydroxyl groups is 1. The molecule has 18 heavy (non-hydrogen) atoms. The molecule has 0 radical (unpaired) electrons. The molecule has 1 N–H and O–H groups in total. The van der Waals surface area contributed by atoms with Crippen LogP contribution in [0.3, 0.4) is 0 Å². The molecule has 3 nitrogen and oxygen atoms in total. The number of hydrogen-bond acceptors (Lipinski definition) is 3. The molecule has 0 bridgehead atoms. The third-order valence-electron chi connectivity index (χ3n) is 2.69. The molecule has 102 valence electrons. The first kappa shape index (κ1) is 15.4. The summed E-state index contributed by atoms with van der Waals surface area (Å²) in [7, 11) is 1.64. The quantitative estimate of drug-likeness (QED) is 0.740. The zero-order valence-electron chi connectivity index (χ0n) is 11.0. The van der Waals surface area contributed by atoms with Crippen molar-refractivity contribution in [3.05, 3.63) is 34.3 Å². The number of ether oxygens (including phenoxy) is 2. The summed E-state index contributed by atoms with van der Waals surface area (Å²) in [5, 5.41) is 10.6. The standard InChI is InChI=1S/C14H21ClO3/c1-11-3-4-12(14(15)9-11)10-13(16)5-6-18-8-7-17-2/h3-4,9,13,16H,5-8,10H2,1-2H3. The number of aliphatic hydroxyl groups excluding tert-OH is 1. The monoisotopic (exact) mass is 272 g/mol. The molecule has 0 aromatic heterocycles. The normalized spacial score (nSPS) is 12.7.